The van der Waals surface area contributed by atoms with E-state index < -0.39 is 0 Å². The standard InChI is InChI=1S/C15H20N4O/c1-4-9-20-15-18-13(17-14(16-3)19-15)12-8-6-7-11(5-2)10-12/h6-8,10H,4-5,9H2,1-3H3,(H,16,17,18,19). The predicted molar refractivity (Wildman–Crippen MR) is 80.0 cm³/mol. The molecular formula is C15H20N4O. The van der Waals surface area contributed by atoms with Gasteiger partial charge in [-0.25, -0.2) is 0 Å². The summed E-state index contributed by atoms with van der Waals surface area (Å²) in [5.41, 5.74) is 2.23. The molecule has 2 aromatic rings. The van der Waals surface area contributed by atoms with Crippen LogP contribution in [0, 0.1) is 0 Å². The number of hydrogen-bond acceptors (Lipinski definition) is 5. The first-order valence-electron chi connectivity index (χ1n) is 6.92. The van der Waals surface area contributed by atoms with Gasteiger partial charge in [-0.1, -0.05) is 32.0 Å². The van der Waals surface area contributed by atoms with Crippen LogP contribution in [0.4, 0.5) is 5.95 Å². The predicted octanol–water partition coefficient (Wildman–Crippen LogP) is 2.93. The maximum atomic E-state index is 5.51. The first-order valence-corrected chi connectivity index (χ1v) is 6.92. The molecule has 2 rings (SSSR count). The molecule has 5 nitrogen and oxygen atoms in total. The van der Waals surface area contributed by atoms with E-state index in [4.69, 9.17) is 4.74 Å². The van der Waals surface area contributed by atoms with Crippen molar-refractivity contribution in [2.75, 3.05) is 19.0 Å². The van der Waals surface area contributed by atoms with Crippen LogP contribution in [-0.2, 0) is 6.42 Å². The van der Waals surface area contributed by atoms with E-state index in [0.29, 0.717) is 24.4 Å². The molecule has 0 amide bonds. The number of ether oxygens (including phenoxy) is 1. The molecule has 0 spiro atoms. The van der Waals surface area contributed by atoms with Crippen LogP contribution < -0.4 is 10.1 Å². The fourth-order valence-electron chi connectivity index (χ4n) is 1.79. The van der Waals surface area contributed by atoms with Gasteiger partial charge in [-0.2, -0.15) is 15.0 Å². The average Bonchev–Trinajstić information content (AvgIpc) is 2.52. The van der Waals surface area contributed by atoms with E-state index in [1.807, 2.05) is 19.1 Å². The Morgan fingerprint density at radius 1 is 1.15 bits per heavy atom. The number of nitrogens with zero attached hydrogens (tertiary/aromatic N) is 3. The lowest BCUT2D eigenvalue weighted by Crippen LogP contribution is -2.06. The van der Waals surface area contributed by atoms with Gasteiger partial charge >= 0.3 is 6.01 Å². The van der Waals surface area contributed by atoms with E-state index in [2.05, 4.69) is 39.3 Å². The summed E-state index contributed by atoms with van der Waals surface area (Å²) < 4.78 is 5.51. The molecule has 20 heavy (non-hydrogen) atoms. The van der Waals surface area contributed by atoms with Crippen molar-refractivity contribution >= 4 is 5.95 Å². The molecule has 0 saturated carbocycles. The molecule has 1 aromatic heterocycles. The van der Waals surface area contributed by atoms with Crippen molar-refractivity contribution in [3.63, 3.8) is 0 Å². The van der Waals surface area contributed by atoms with Crippen molar-refractivity contribution in [2.24, 2.45) is 0 Å². The number of aryl methyl sites for hydroxylation is 1. The highest BCUT2D eigenvalue weighted by Gasteiger charge is 2.09. The van der Waals surface area contributed by atoms with Gasteiger partial charge in [-0.3, -0.25) is 0 Å². The highest BCUT2D eigenvalue weighted by atomic mass is 16.5. The maximum absolute atomic E-state index is 5.51. The van der Waals surface area contributed by atoms with Gasteiger partial charge < -0.3 is 10.1 Å². The first-order chi connectivity index (χ1) is 9.76. The smallest absolute Gasteiger partial charge is 0.321 e. The fourth-order valence-corrected chi connectivity index (χ4v) is 1.79. The van der Waals surface area contributed by atoms with Crippen LogP contribution in [0.1, 0.15) is 25.8 Å². The lowest BCUT2D eigenvalue weighted by atomic mass is 10.1. The Kier molecular flexibility index (Phi) is 4.87. The maximum Gasteiger partial charge on any atom is 0.321 e. The van der Waals surface area contributed by atoms with Crippen molar-refractivity contribution in [1.29, 1.82) is 0 Å². The van der Waals surface area contributed by atoms with Gasteiger partial charge in [0.05, 0.1) is 6.61 Å². The van der Waals surface area contributed by atoms with E-state index in [1.165, 1.54) is 5.56 Å². The number of aromatic nitrogens is 3. The van der Waals surface area contributed by atoms with Crippen molar-refractivity contribution in [1.82, 2.24) is 15.0 Å². The second kappa shape index (κ2) is 6.84. The first kappa shape index (κ1) is 14.2. The van der Waals surface area contributed by atoms with Gasteiger partial charge in [0.1, 0.15) is 0 Å². The molecule has 5 heteroatoms. The third kappa shape index (κ3) is 3.44. The van der Waals surface area contributed by atoms with Gasteiger partial charge in [-0.05, 0) is 24.5 Å². The molecule has 0 atom stereocenters. The van der Waals surface area contributed by atoms with E-state index in [9.17, 15) is 0 Å². The molecule has 1 N–H and O–H groups in total. The number of nitrogens with one attached hydrogen (secondary N) is 1. The lowest BCUT2D eigenvalue weighted by molar-refractivity contribution is 0.292. The quantitative estimate of drug-likeness (QED) is 0.876. The Balaban J connectivity index is 2.38. The molecule has 0 unspecified atom stereocenters. The zero-order valence-corrected chi connectivity index (χ0v) is 12.2. The molecular weight excluding hydrogens is 252 g/mol. The summed E-state index contributed by atoms with van der Waals surface area (Å²) in [7, 11) is 1.78. The summed E-state index contributed by atoms with van der Waals surface area (Å²) >= 11 is 0. The molecule has 1 heterocycles. The highest BCUT2D eigenvalue weighted by Crippen LogP contribution is 2.20. The molecule has 0 aliphatic rings. The third-order valence-corrected chi connectivity index (χ3v) is 2.87. The van der Waals surface area contributed by atoms with Gasteiger partial charge in [-0.15, -0.1) is 0 Å². The van der Waals surface area contributed by atoms with Gasteiger partial charge in [0.25, 0.3) is 0 Å². The SMILES string of the molecule is CCCOc1nc(NC)nc(-c2cccc(CC)c2)n1. The molecule has 0 aliphatic heterocycles. The van der Waals surface area contributed by atoms with Crippen molar-refractivity contribution in [3.05, 3.63) is 29.8 Å². The van der Waals surface area contributed by atoms with E-state index in [1.54, 1.807) is 7.05 Å². The second-order valence-corrected chi connectivity index (χ2v) is 4.42. The summed E-state index contributed by atoms with van der Waals surface area (Å²) in [5.74, 6) is 1.15. The van der Waals surface area contributed by atoms with E-state index in [0.717, 1.165) is 18.4 Å². The number of anilines is 1. The van der Waals surface area contributed by atoms with E-state index >= 15 is 0 Å². The molecule has 1 aromatic carbocycles. The monoisotopic (exact) mass is 272 g/mol. The molecule has 0 bridgehead atoms. The Hall–Kier alpha value is -2.17. The largest absolute Gasteiger partial charge is 0.463 e. The summed E-state index contributed by atoms with van der Waals surface area (Å²) in [4.78, 5) is 13.0. The topological polar surface area (TPSA) is 59.9 Å². The average molecular weight is 272 g/mol. The van der Waals surface area contributed by atoms with Crippen LogP contribution in [0.15, 0.2) is 24.3 Å². The van der Waals surface area contributed by atoms with Crippen molar-refractivity contribution in [3.8, 4) is 17.4 Å². The summed E-state index contributed by atoms with van der Waals surface area (Å²) in [6.07, 6.45) is 1.90. The number of benzene rings is 1. The minimum absolute atomic E-state index is 0.364. The zero-order chi connectivity index (χ0) is 14.4. The van der Waals surface area contributed by atoms with Crippen LogP contribution in [-0.4, -0.2) is 28.6 Å². The Labute approximate surface area is 119 Å². The van der Waals surface area contributed by atoms with Crippen molar-refractivity contribution in [2.45, 2.75) is 26.7 Å². The highest BCUT2D eigenvalue weighted by molar-refractivity contribution is 5.57. The molecule has 106 valence electrons. The number of rotatable bonds is 6. The molecule has 0 fully saturated rings. The molecule has 0 radical (unpaired) electrons. The zero-order valence-electron chi connectivity index (χ0n) is 12.2. The summed E-state index contributed by atoms with van der Waals surface area (Å²) in [5, 5.41) is 2.94. The normalized spacial score (nSPS) is 10.3. The van der Waals surface area contributed by atoms with Gasteiger partial charge in [0, 0.05) is 12.6 Å². The Bertz CT molecular complexity index is 572. The minimum Gasteiger partial charge on any atom is -0.463 e. The van der Waals surface area contributed by atoms with Gasteiger partial charge in [0.2, 0.25) is 5.95 Å². The Morgan fingerprint density at radius 3 is 2.70 bits per heavy atom. The number of hydrogen-bond donors (Lipinski definition) is 1. The van der Waals surface area contributed by atoms with E-state index in [-0.39, 0.29) is 0 Å². The molecule has 0 aliphatic carbocycles. The second-order valence-electron chi connectivity index (χ2n) is 4.42. The molecule has 0 saturated heterocycles. The third-order valence-electron chi connectivity index (χ3n) is 2.87. The van der Waals surface area contributed by atoms with Crippen LogP contribution in [0.25, 0.3) is 11.4 Å². The van der Waals surface area contributed by atoms with Crippen LogP contribution >= 0.6 is 0 Å². The lowest BCUT2D eigenvalue weighted by Gasteiger charge is -2.08. The summed E-state index contributed by atoms with van der Waals surface area (Å²) in [6, 6.07) is 8.57. The van der Waals surface area contributed by atoms with Crippen LogP contribution in [0.2, 0.25) is 0 Å². The van der Waals surface area contributed by atoms with Crippen molar-refractivity contribution < 1.29 is 4.74 Å². The van der Waals surface area contributed by atoms with Crippen LogP contribution in [0.5, 0.6) is 6.01 Å². The summed E-state index contributed by atoms with van der Waals surface area (Å²) in [6.45, 7) is 4.77. The minimum atomic E-state index is 0.364. The van der Waals surface area contributed by atoms with Gasteiger partial charge in [0.15, 0.2) is 5.82 Å². The Morgan fingerprint density at radius 2 is 2.00 bits per heavy atom. The van der Waals surface area contributed by atoms with Crippen LogP contribution in [0.3, 0.4) is 0 Å². The fraction of sp³-hybridized carbons (Fsp3) is 0.400.